The van der Waals surface area contributed by atoms with Gasteiger partial charge in [-0.25, -0.2) is 4.98 Å². The molecule has 0 aliphatic heterocycles. The smallest absolute Gasteiger partial charge is 0.240 e. The number of carbonyl (C=O) groups excluding carboxylic acids is 1. The van der Waals surface area contributed by atoms with Gasteiger partial charge in [-0.2, -0.15) is 0 Å². The first-order chi connectivity index (χ1) is 11.1. The number of rotatable bonds is 5. The van der Waals surface area contributed by atoms with Gasteiger partial charge in [-0.1, -0.05) is 24.3 Å². The summed E-state index contributed by atoms with van der Waals surface area (Å²) in [5, 5.41) is 13.1. The molecule has 2 aromatic rings. The molecule has 0 spiro atoms. The van der Waals surface area contributed by atoms with Crippen LogP contribution in [0.1, 0.15) is 41.5 Å². The van der Waals surface area contributed by atoms with Crippen LogP contribution in [-0.4, -0.2) is 27.1 Å². The molecular formula is C18H23N3O2. The van der Waals surface area contributed by atoms with Crippen LogP contribution in [0.4, 0.5) is 0 Å². The number of carbonyl (C=O) groups is 1. The second-order valence-electron chi connectivity index (χ2n) is 6.15. The summed E-state index contributed by atoms with van der Waals surface area (Å²) in [5.74, 6) is -0.0941. The molecule has 2 N–H and O–H groups in total. The molecule has 5 heteroatoms. The molecule has 5 nitrogen and oxygen atoms in total. The maximum atomic E-state index is 12.1. The van der Waals surface area contributed by atoms with Crippen LogP contribution in [-0.2, 0) is 24.2 Å². The van der Waals surface area contributed by atoms with Crippen molar-refractivity contribution >= 4 is 5.91 Å². The second kappa shape index (κ2) is 6.96. The Kier molecular flexibility index (Phi) is 4.76. The van der Waals surface area contributed by atoms with Gasteiger partial charge in [-0.15, -0.1) is 0 Å². The van der Waals surface area contributed by atoms with Gasteiger partial charge >= 0.3 is 0 Å². The normalized spacial score (nSPS) is 15.0. The van der Waals surface area contributed by atoms with Crippen molar-refractivity contribution in [1.82, 2.24) is 14.9 Å². The van der Waals surface area contributed by atoms with E-state index in [1.165, 1.54) is 12.1 Å². The zero-order valence-corrected chi connectivity index (χ0v) is 13.5. The van der Waals surface area contributed by atoms with Crippen molar-refractivity contribution in [2.45, 2.75) is 45.3 Å². The monoisotopic (exact) mass is 313 g/mol. The Bertz CT molecular complexity index is 693. The van der Waals surface area contributed by atoms with Crippen molar-refractivity contribution in [2.75, 3.05) is 6.54 Å². The predicted molar refractivity (Wildman–Crippen MR) is 88.0 cm³/mol. The Balaban J connectivity index is 1.56. The zero-order valence-electron chi connectivity index (χ0n) is 13.5. The minimum atomic E-state index is -0.683. The molecule has 1 heterocycles. The molecule has 1 aliphatic carbocycles. The van der Waals surface area contributed by atoms with Crippen LogP contribution in [0.5, 0.6) is 0 Å². The van der Waals surface area contributed by atoms with E-state index in [1.807, 2.05) is 35.8 Å². The maximum Gasteiger partial charge on any atom is 0.240 e. The van der Waals surface area contributed by atoms with E-state index in [2.05, 4.69) is 10.3 Å². The van der Waals surface area contributed by atoms with Gasteiger partial charge in [0.15, 0.2) is 0 Å². The molecule has 1 aliphatic rings. The van der Waals surface area contributed by atoms with E-state index in [0.717, 1.165) is 36.1 Å². The van der Waals surface area contributed by atoms with E-state index < -0.39 is 6.10 Å². The minimum absolute atomic E-state index is 0.0941. The van der Waals surface area contributed by atoms with E-state index in [1.54, 1.807) is 6.33 Å². The summed E-state index contributed by atoms with van der Waals surface area (Å²) in [6.45, 7) is 2.45. The minimum Gasteiger partial charge on any atom is -0.387 e. The fourth-order valence-electron chi connectivity index (χ4n) is 3.16. The standard InChI is InChI=1S/C18H23N3O2/c1-13-6-2-3-7-14(13)17(22)10-19-18(23)11-21-12-20-15-8-4-5-9-16(15)21/h2-3,6-7,12,17,22H,4-5,8-11H2,1H3,(H,19,23). The summed E-state index contributed by atoms with van der Waals surface area (Å²) in [6, 6.07) is 7.67. The van der Waals surface area contributed by atoms with Crippen molar-refractivity contribution < 1.29 is 9.90 Å². The van der Waals surface area contributed by atoms with Crippen LogP contribution in [0.3, 0.4) is 0 Å². The number of nitrogens with zero attached hydrogens (tertiary/aromatic N) is 2. The Morgan fingerprint density at radius 3 is 2.96 bits per heavy atom. The number of aromatic nitrogens is 2. The number of aliphatic hydroxyl groups is 1. The number of amides is 1. The highest BCUT2D eigenvalue weighted by molar-refractivity contribution is 5.75. The molecule has 1 aromatic heterocycles. The fraction of sp³-hybridized carbons (Fsp3) is 0.444. The van der Waals surface area contributed by atoms with Crippen LogP contribution in [0.25, 0.3) is 0 Å². The van der Waals surface area contributed by atoms with E-state index in [9.17, 15) is 9.90 Å². The predicted octanol–water partition coefficient (Wildman–Crippen LogP) is 1.92. The van der Waals surface area contributed by atoms with Crippen molar-refractivity contribution in [3.05, 3.63) is 53.1 Å². The highest BCUT2D eigenvalue weighted by Gasteiger charge is 2.17. The number of aryl methyl sites for hydroxylation is 2. The first kappa shape index (κ1) is 15.7. The van der Waals surface area contributed by atoms with Crippen molar-refractivity contribution in [2.24, 2.45) is 0 Å². The van der Waals surface area contributed by atoms with Crippen LogP contribution < -0.4 is 5.32 Å². The molecule has 0 fully saturated rings. The molecule has 1 atom stereocenters. The zero-order chi connectivity index (χ0) is 16.2. The molecule has 3 rings (SSSR count). The third kappa shape index (κ3) is 3.62. The quantitative estimate of drug-likeness (QED) is 0.886. The third-order valence-electron chi connectivity index (χ3n) is 4.46. The van der Waals surface area contributed by atoms with Crippen molar-refractivity contribution in [3.63, 3.8) is 0 Å². The Labute approximate surface area is 136 Å². The van der Waals surface area contributed by atoms with Crippen LogP contribution in [0.15, 0.2) is 30.6 Å². The van der Waals surface area contributed by atoms with E-state index in [-0.39, 0.29) is 19.0 Å². The van der Waals surface area contributed by atoms with E-state index in [4.69, 9.17) is 0 Å². The van der Waals surface area contributed by atoms with Crippen molar-refractivity contribution in [3.8, 4) is 0 Å². The second-order valence-corrected chi connectivity index (χ2v) is 6.15. The molecule has 0 saturated heterocycles. The van der Waals surface area contributed by atoms with E-state index in [0.29, 0.717) is 0 Å². The molecular weight excluding hydrogens is 290 g/mol. The highest BCUT2D eigenvalue weighted by atomic mass is 16.3. The van der Waals surface area contributed by atoms with Crippen LogP contribution in [0.2, 0.25) is 0 Å². The Morgan fingerprint density at radius 1 is 1.35 bits per heavy atom. The summed E-state index contributed by atoms with van der Waals surface area (Å²) >= 11 is 0. The Hall–Kier alpha value is -2.14. The average molecular weight is 313 g/mol. The van der Waals surface area contributed by atoms with Gasteiger partial charge in [-0.05, 0) is 43.7 Å². The lowest BCUT2D eigenvalue weighted by atomic mass is 10.0. The summed E-state index contributed by atoms with van der Waals surface area (Å²) < 4.78 is 1.93. The van der Waals surface area contributed by atoms with Gasteiger partial charge in [0.2, 0.25) is 5.91 Å². The summed E-state index contributed by atoms with van der Waals surface area (Å²) in [4.78, 5) is 16.5. The Morgan fingerprint density at radius 2 is 2.13 bits per heavy atom. The maximum absolute atomic E-state index is 12.1. The topological polar surface area (TPSA) is 67.2 Å². The lowest BCUT2D eigenvalue weighted by molar-refractivity contribution is -0.122. The van der Waals surface area contributed by atoms with Gasteiger partial charge < -0.3 is 15.0 Å². The number of hydrogen-bond donors (Lipinski definition) is 2. The number of hydrogen-bond acceptors (Lipinski definition) is 3. The molecule has 1 amide bonds. The highest BCUT2D eigenvalue weighted by Crippen LogP contribution is 2.20. The van der Waals surface area contributed by atoms with Crippen LogP contribution in [0, 0.1) is 6.92 Å². The number of aliphatic hydroxyl groups excluding tert-OH is 1. The molecule has 122 valence electrons. The molecule has 0 bridgehead atoms. The van der Waals surface area contributed by atoms with Gasteiger partial charge in [0.05, 0.1) is 18.1 Å². The van der Waals surface area contributed by atoms with Gasteiger partial charge in [0, 0.05) is 12.2 Å². The summed E-state index contributed by atoms with van der Waals surface area (Å²) in [5.41, 5.74) is 4.19. The number of benzene rings is 1. The molecule has 0 radical (unpaired) electrons. The first-order valence-electron chi connectivity index (χ1n) is 8.18. The van der Waals surface area contributed by atoms with Gasteiger partial charge in [0.1, 0.15) is 6.54 Å². The number of nitrogens with one attached hydrogen (secondary N) is 1. The van der Waals surface area contributed by atoms with Crippen molar-refractivity contribution in [1.29, 1.82) is 0 Å². The van der Waals surface area contributed by atoms with Crippen LogP contribution >= 0.6 is 0 Å². The molecule has 23 heavy (non-hydrogen) atoms. The number of imidazole rings is 1. The largest absolute Gasteiger partial charge is 0.387 e. The van der Waals surface area contributed by atoms with Gasteiger partial charge in [-0.3, -0.25) is 4.79 Å². The summed E-state index contributed by atoms with van der Waals surface area (Å²) in [6.07, 6.45) is 5.42. The summed E-state index contributed by atoms with van der Waals surface area (Å²) in [7, 11) is 0. The van der Waals surface area contributed by atoms with E-state index >= 15 is 0 Å². The molecule has 0 saturated carbocycles. The SMILES string of the molecule is Cc1ccccc1C(O)CNC(=O)Cn1cnc2c1CCCC2. The fourth-order valence-corrected chi connectivity index (χ4v) is 3.16. The molecule has 1 unspecified atom stereocenters. The lowest BCUT2D eigenvalue weighted by Gasteiger charge is -2.16. The number of fused-ring (bicyclic) bond motifs is 1. The third-order valence-corrected chi connectivity index (χ3v) is 4.46. The first-order valence-corrected chi connectivity index (χ1v) is 8.18. The molecule has 1 aromatic carbocycles. The van der Waals surface area contributed by atoms with Gasteiger partial charge in [0.25, 0.3) is 0 Å². The lowest BCUT2D eigenvalue weighted by Crippen LogP contribution is -2.32. The average Bonchev–Trinajstić information content (AvgIpc) is 2.96.